The van der Waals surface area contributed by atoms with Gasteiger partial charge < -0.3 is 5.73 Å². The number of halogens is 1. The average Bonchev–Trinajstić information content (AvgIpc) is 2.35. The predicted octanol–water partition coefficient (Wildman–Crippen LogP) is 2.91. The molecule has 98 valence electrons. The second kappa shape index (κ2) is 5.19. The summed E-state index contributed by atoms with van der Waals surface area (Å²) in [4.78, 5) is 12.3. The number of nitrogens with two attached hydrogens (primary N) is 1. The maximum Gasteiger partial charge on any atom is 0.157 e. The van der Waals surface area contributed by atoms with Crippen LogP contribution in [0.1, 0.15) is 43.2 Å². The van der Waals surface area contributed by atoms with Crippen LogP contribution in [0, 0.1) is 12.7 Å². The van der Waals surface area contributed by atoms with E-state index in [1.54, 1.807) is 6.07 Å². The molecule has 0 atom stereocenters. The number of hydrogen-bond acceptors (Lipinski definition) is 2. The Morgan fingerprint density at radius 1 is 1.33 bits per heavy atom. The molecule has 0 radical (unpaired) electrons. The number of benzene rings is 1. The third-order valence-corrected chi connectivity index (χ3v) is 3.96. The van der Waals surface area contributed by atoms with Gasteiger partial charge in [0.15, 0.2) is 5.78 Å². The summed E-state index contributed by atoms with van der Waals surface area (Å²) in [6.07, 6.45) is 4.97. The smallest absolute Gasteiger partial charge is 0.157 e. The average molecular weight is 249 g/mol. The van der Waals surface area contributed by atoms with E-state index < -0.39 is 5.54 Å². The lowest BCUT2D eigenvalue weighted by Crippen LogP contribution is -2.50. The molecule has 1 aliphatic carbocycles. The second-order valence-corrected chi connectivity index (χ2v) is 5.39. The van der Waals surface area contributed by atoms with Gasteiger partial charge in [-0.15, -0.1) is 0 Å². The zero-order valence-corrected chi connectivity index (χ0v) is 10.8. The number of aryl methyl sites for hydroxylation is 1. The Morgan fingerprint density at radius 2 is 2.00 bits per heavy atom. The Labute approximate surface area is 107 Å². The van der Waals surface area contributed by atoms with Crippen molar-refractivity contribution in [3.8, 4) is 0 Å². The fraction of sp³-hybridized carbons (Fsp3) is 0.533. The third-order valence-electron chi connectivity index (χ3n) is 3.96. The molecular formula is C15H20FNO. The summed E-state index contributed by atoms with van der Waals surface area (Å²) in [5, 5.41) is 0. The van der Waals surface area contributed by atoms with Gasteiger partial charge in [-0.25, -0.2) is 4.39 Å². The molecule has 18 heavy (non-hydrogen) atoms. The Hall–Kier alpha value is -1.22. The van der Waals surface area contributed by atoms with E-state index in [0.29, 0.717) is 0 Å². The maximum absolute atomic E-state index is 13.2. The molecule has 0 unspecified atom stereocenters. The molecular weight excluding hydrogens is 229 g/mol. The number of hydrogen-bond donors (Lipinski definition) is 1. The van der Waals surface area contributed by atoms with Gasteiger partial charge in [-0.3, -0.25) is 4.79 Å². The van der Waals surface area contributed by atoms with Crippen LogP contribution < -0.4 is 5.73 Å². The van der Waals surface area contributed by atoms with E-state index in [-0.39, 0.29) is 18.0 Å². The second-order valence-electron chi connectivity index (χ2n) is 5.39. The standard InChI is InChI=1S/C15H20FNO/c1-11-5-6-13(16)9-12(11)10-14(18)15(17)7-3-2-4-8-15/h5-6,9H,2-4,7-8,10,17H2,1H3. The van der Waals surface area contributed by atoms with Crippen LogP contribution in [0.3, 0.4) is 0 Å². The van der Waals surface area contributed by atoms with Crippen molar-refractivity contribution in [3.63, 3.8) is 0 Å². The molecule has 2 N–H and O–H groups in total. The summed E-state index contributed by atoms with van der Waals surface area (Å²) < 4.78 is 13.2. The highest BCUT2D eigenvalue weighted by Crippen LogP contribution is 2.28. The Kier molecular flexibility index (Phi) is 3.81. The number of ketones is 1. The lowest BCUT2D eigenvalue weighted by atomic mass is 9.77. The van der Waals surface area contributed by atoms with Gasteiger partial charge in [0.05, 0.1) is 5.54 Å². The summed E-state index contributed by atoms with van der Waals surface area (Å²) >= 11 is 0. The van der Waals surface area contributed by atoms with Gasteiger partial charge >= 0.3 is 0 Å². The van der Waals surface area contributed by atoms with Crippen molar-refractivity contribution in [2.45, 2.75) is 51.0 Å². The fourth-order valence-corrected chi connectivity index (χ4v) is 2.64. The first-order valence-corrected chi connectivity index (χ1v) is 6.58. The van der Waals surface area contributed by atoms with E-state index in [1.807, 2.05) is 6.92 Å². The van der Waals surface area contributed by atoms with E-state index in [1.165, 1.54) is 12.1 Å². The van der Waals surface area contributed by atoms with Gasteiger partial charge in [0.1, 0.15) is 5.82 Å². The topological polar surface area (TPSA) is 43.1 Å². The van der Waals surface area contributed by atoms with Crippen LogP contribution in [0.25, 0.3) is 0 Å². The van der Waals surface area contributed by atoms with Gasteiger partial charge in [0.25, 0.3) is 0 Å². The molecule has 3 heteroatoms. The molecule has 1 saturated carbocycles. The van der Waals surface area contributed by atoms with Gasteiger partial charge in [-0.05, 0) is 43.0 Å². The quantitative estimate of drug-likeness (QED) is 0.895. The van der Waals surface area contributed by atoms with Crippen molar-refractivity contribution in [3.05, 3.63) is 35.1 Å². The summed E-state index contributed by atoms with van der Waals surface area (Å²) in [6, 6.07) is 4.57. The summed E-state index contributed by atoms with van der Waals surface area (Å²) in [7, 11) is 0. The molecule has 0 saturated heterocycles. The molecule has 2 nitrogen and oxygen atoms in total. The Bertz CT molecular complexity index is 450. The normalized spacial score (nSPS) is 18.6. The Balaban J connectivity index is 2.13. The molecule has 1 fully saturated rings. The maximum atomic E-state index is 13.2. The van der Waals surface area contributed by atoms with Crippen LogP contribution >= 0.6 is 0 Å². The highest BCUT2D eigenvalue weighted by Gasteiger charge is 2.34. The summed E-state index contributed by atoms with van der Waals surface area (Å²) in [6.45, 7) is 1.89. The van der Waals surface area contributed by atoms with Gasteiger partial charge in [-0.1, -0.05) is 25.3 Å². The van der Waals surface area contributed by atoms with E-state index in [0.717, 1.165) is 43.2 Å². The van der Waals surface area contributed by atoms with Crippen molar-refractivity contribution in [1.82, 2.24) is 0 Å². The lowest BCUT2D eigenvalue weighted by Gasteiger charge is -2.32. The zero-order valence-electron chi connectivity index (χ0n) is 10.8. The zero-order chi connectivity index (χ0) is 13.2. The first-order chi connectivity index (χ1) is 8.51. The van der Waals surface area contributed by atoms with Crippen molar-refractivity contribution >= 4 is 5.78 Å². The third kappa shape index (κ3) is 2.78. The van der Waals surface area contributed by atoms with Gasteiger partial charge in [0.2, 0.25) is 0 Å². The molecule has 0 spiro atoms. The minimum Gasteiger partial charge on any atom is -0.319 e. The van der Waals surface area contributed by atoms with E-state index in [2.05, 4.69) is 0 Å². The number of carbonyl (C=O) groups excluding carboxylic acids is 1. The molecule has 0 aliphatic heterocycles. The van der Waals surface area contributed by atoms with Crippen molar-refractivity contribution in [1.29, 1.82) is 0 Å². The predicted molar refractivity (Wildman–Crippen MR) is 69.9 cm³/mol. The minimum atomic E-state index is -0.684. The fourth-order valence-electron chi connectivity index (χ4n) is 2.64. The van der Waals surface area contributed by atoms with Gasteiger partial charge in [0, 0.05) is 6.42 Å². The first kappa shape index (κ1) is 13.2. The van der Waals surface area contributed by atoms with Gasteiger partial charge in [-0.2, -0.15) is 0 Å². The van der Waals surface area contributed by atoms with Crippen molar-refractivity contribution in [2.75, 3.05) is 0 Å². The summed E-state index contributed by atoms with van der Waals surface area (Å²) in [5.74, 6) is -0.242. The molecule has 2 rings (SSSR count). The van der Waals surface area contributed by atoms with Crippen LogP contribution in [-0.4, -0.2) is 11.3 Å². The SMILES string of the molecule is Cc1ccc(F)cc1CC(=O)C1(N)CCCCC1. The molecule has 0 amide bonds. The lowest BCUT2D eigenvalue weighted by molar-refractivity contribution is -0.124. The monoisotopic (exact) mass is 249 g/mol. The molecule has 0 heterocycles. The van der Waals surface area contributed by atoms with E-state index in [4.69, 9.17) is 5.73 Å². The Morgan fingerprint density at radius 3 is 2.67 bits per heavy atom. The van der Waals surface area contributed by atoms with Crippen LogP contribution in [0.2, 0.25) is 0 Å². The number of Topliss-reactive ketones (excluding diaryl/α,β-unsaturated/α-hetero) is 1. The van der Waals surface area contributed by atoms with E-state index in [9.17, 15) is 9.18 Å². The van der Waals surface area contributed by atoms with Crippen LogP contribution in [-0.2, 0) is 11.2 Å². The highest BCUT2D eigenvalue weighted by molar-refractivity contribution is 5.90. The molecule has 1 aromatic carbocycles. The summed E-state index contributed by atoms with van der Waals surface area (Å²) in [5.41, 5.74) is 7.22. The molecule has 0 aromatic heterocycles. The highest BCUT2D eigenvalue weighted by atomic mass is 19.1. The van der Waals surface area contributed by atoms with Crippen molar-refractivity contribution < 1.29 is 9.18 Å². The van der Waals surface area contributed by atoms with Crippen LogP contribution in [0.4, 0.5) is 4.39 Å². The largest absolute Gasteiger partial charge is 0.319 e. The minimum absolute atomic E-state index is 0.0518. The van der Waals surface area contributed by atoms with Crippen LogP contribution in [0.5, 0.6) is 0 Å². The number of rotatable bonds is 3. The molecule has 1 aromatic rings. The van der Waals surface area contributed by atoms with E-state index >= 15 is 0 Å². The van der Waals surface area contributed by atoms with Crippen LogP contribution in [0.15, 0.2) is 18.2 Å². The number of carbonyl (C=O) groups is 1. The molecule has 1 aliphatic rings. The molecule has 0 bridgehead atoms. The first-order valence-electron chi connectivity index (χ1n) is 6.58. The van der Waals surface area contributed by atoms with Crippen molar-refractivity contribution in [2.24, 2.45) is 5.73 Å².